The third-order valence-electron chi connectivity index (χ3n) is 3.72. The molecule has 0 radical (unpaired) electrons. The molecule has 1 unspecified atom stereocenters. The highest BCUT2D eigenvalue weighted by Gasteiger charge is 2.48. The van der Waals surface area contributed by atoms with E-state index >= 15 is 0 Å². The molecule has 1 N–H and O–H groups in total. The monoisotopic (exact) mass is 351 g/mol. The van der Waals surface area contributed by atoms with E-state index in [2.05, 4.69) is 0 Å². The van der Waals surface area contributed by atoms with Crippen LogP contribution in [0.3, 0.4) is 0 Å². The van der Waals surface area contributed by atoms with Crippen molar-refractivity contribution in [3.8, 4) is 0 Å². The topological polar surface area (TPSA) is 83.9 Å². The lowest BCUT2D eigenvalue weighted by Crippen LogP contribution is -2.40. The molecule has 1 atom stereocenters. The molecule has 0 amide bonds. The normalized spacial score (nSPS) is 22.9. The molecule has 0 saturated carbocycles. The number of ether oxygens (including phenoxy) is 1. The standard InChI is InChI=1S/C13H15ClFNO5S/c1-21-8-13(12(17)18)4-5-16(7-13)22(19,20)9-2-3-10(14)11(15)6-9/h2-3,6H,4-5,7-8H2,1H3,(H,17,18). The number of sulfonamides is 1. The summed E-state index contributed by atoms with van der Waals surface area (Å²) >= 11 is 5.54. The molecule has 0 spiro atoms. The quantitative estimate of drug-likeness (QED) is 0.871. The van der Waals surface area contributed by atoms with Gasteiger partial charge in [0.2, 0.25) is 10.0 Å². The number of nitrogens with zero attached hydrogens (tertiary/aromatic N) is 1. The molecule has 1 heterocycles. The molecule has 1 saturated heterocycles. The van der Waals surface area contributed by atoms with Gasteiger partial charge in [-0.3, -0.25) is 4.79 Å². The average Bonchev–Trinajstić information content (AvgIpc) is 2.88. The van der Waals surface area contributed by atoms with Crippen LogP contribution in [-0.2, 0) is 19.6 Å². The van der Waals surface area contributed by atoms with Crippen molar-refractivity contribution < 1.29 is 27.4 Å². The van der Waals surface area contributed by atoms with E-state index in [4.69, 9.17) is 16.3 Å². The van der Waals surface area contributed by atoms with Gasteiger partial charge in [0.15, 0.2) is 0 Å². The van der Waals surface area contributed by atoms with Crippen LogP contribution in [0.2, 0.25) is 5.02 Å². The number of hydrogen-bond acceptors (Lipinski definition) is 4. The maximum atomic E-state index is 13.5. The van der Waals surface area contributed by atoms with Crippen molar-refractivity contribution in [2.45, 2.75) is 11.3 Å². The van der Waals surface area contributed by atoms with Crippen LogP contribution in [0.5, 0.6) is 0 Å². The molecule has 0 bridgehead atoms. The third-order valence-corrected chi connectivity index (χ3v) is 5.87. The lowest BCUT2D eigenvalue weighted by molar-refractivity contribution is -0.151. The van der Waals surface area contributed by atoms with Gasteiger partial charge >= 0.3 is 5.97 Å². The second-order valence-corrected chi connectivity index (χ2v) is 7.53. The summed E-state index contributed by atoms with van der Waals surface area (Å²) in [4.78, 5) is 11.2. The van der Waals surface area contributed by atoms with Crippen LogP contribution in [0.25, 0.3) is 0 Å². The van der Waals surface area contributed by atoms with E-state index in [1.54, 1.807) is 0 Å². The highest BCUT2D eigenvalue weighted by molar-refractivity contribution is 7.89. The Hall–Kier alpha value is -1.22. The molecule has 1 aromatic carbocycles. The number of aliphatic carboxylic acids is 1. The fourth-order valence-electron chi connectivity index (χ4n) is 2.46. The Balaban J connectivity index is 2.32. The number of carbonyl (C=O) groups is 1. The summed E-state index contributed by atoms with van der Waals surface area (Å²) in [6.07, 6.45) is 0.130. The van der Waals surface area contributed by atoms with Gasteiger partial charge in [0.05, 0.1) is 16.5 Å². The molecule has 2 rings (SSSR count). The molecule has 0 aromatic heterocycles. The van der Waals surface area contributed by atoms with E-state index in [9.17, 15) is 22.7 Å². The maximum absolute atomic E-state index is 13.5. The Labute approximate surface area is 132 Å². The van der Waals surface area contributed by atoms with Gasteiger partial charge in [0.25, 0.3) is 0 Å². The van der Waals surface area contributed by atoms with Crippen molar-refractivity contribution in [3.63, 3.8) is 0 Å². The summed E-state index contributed by atoms with van der Waals surface area (Å²) in [5, 5.41) is 9.17. The molecule has 1 aromatic rings. The molecule has 1 aliphatic rings. The second-order valence-electron chi connectivity index (χ2n) is 5.18. The number of hydrogen-bond donors (Lipinski definition) is 1. The molecular weight excluding hydrogens is 337 g/mol. The summed E-state index contributed by atoms with van der Waals surface area (Å²) in [7, 11) is -2.63. The number of methoxy groups -OCH3 is 1. The molecule has 1 aliphatic heterocycles. The first-order valence-corrected chi connectivity index (χ1v) is 8.22. The first kappa shape index (κ1) is 17.1. The van der Waals surface area contributed by atoms with Gasteiger partial charge in [-0.15, -0.1) is 0 Å². The Morgan fingerprint density at radius 1 is 1.55 bits per heavy atom. The third kappa shape index (κ3) is 2.96. The predicted octanol–water partition coefficient (Wildman–Crippen LogP) is 1.59. The number of carboxylic acid groups (broad SMARTS) is 1. The van der Waals surface area contributed by atoms with Crippen LogP contribution >= 0.6 is 11.6 Å². The van der Waals surface area contributed by atoms with Gasteiger partial charge in [-0.1, -0.05) is 11.6 Å². The average molecular weight is 352 g/mol. The highest BCUT2D eigenvalue weighted by Crippen LogP contribution is 2.35. The van der Waals surface area contributed by atoms with E-state index in [0.717, 1.165) is 16.4 Å². The Kier molecular flexibility index (Phi) is 4.76. The van der Waals surface area contributed by atoms with E-state index in [0.29, 0.717) is 0 Å². The van der Waals surface area contributed by atoms with Crippen molar-refractivity contribution in [1.29, 1.82) is 0 Å². The lowest BCUT2D eigenvalue weighted by atomic mass is 9.88. The van der Waals surface area contributed by atoms with Crippen molar-refractivity contribution in [3.05, 3.63) is 29.0 Å². The van der Waals surface area contributed by atoms with Crippen LogP contribution in [0, 0.1) is 11.2 Å². The minimum absolute atomic E-state index is 0.0300. The molecule has 6 nitrogen and oxygen atoms in total. The summed E-state index contributed by atoms with van der Waals surface area (Å²) in [6.45, 7) is -0.283. The van der Waals surface area contributed by atoms with Gasteiger partial charge in [-0.25, -0.2) is 12.8 Å². The Morgan fingerprint density at radius 2 is 2.23 bits per heavy atom. The van der Waals surface area contributed by atoms with Crippen molar-refractivity contribution in [2.75, 3.05) is 26.8 Å². The van der Waals surface area contributed by atoms with Gasteiger partial charge in [0.1, 0.15) is 11.2 Å². The van der Waals surface area contributed by atoms with Crippen LogP contribution in [-0.4, -0.2) is 50.6 Å². The van der Waals surface area contributed by atoms with Crippen LogP contribution in [0.15, 0.2) is 23.1 Å². The smallest absolute Gasteiger partial charge is 0.313 e. The van der Waals surface area contributed by atoms with Gasteiger partial charge in [-0.05, 0) is 24.6 Å². The van der Waals surface area contributed by atoms with Crippen molar-refractivity contribution in [2.24, 2.45) is 5.41 Å². The lowest BCUT2D eigenvalue weighted by Gasteiger charge is -2.23. The van der Waals surface area contributed by atoms with E-state index in [-0.39, 0.29) is 36.0 Å². The molecule has 0 aliphatic carbocycles. The molecule has 9 heteroatoms. The first-order chi connectivity index (χ1) is 10.2. The van der Waals surface area contributed by atoms with Crippen LogP contribution < -0.4 is 0 Å². The zero-order valence-corrected chi connectivity index (χ0v) is 13.3. The summed E-state index contributed by atoms with van der Waals surface area (Å²) in [6, 6.07) is 3.17. The van der Waals surface area contributed by atoms with Gasteiger partial charge in [-0.2, -0.15) is 4.31 Å². The second kappa shape index (κ2) is 6.11. The SMILES string of the molecule is COCC1(C(=O)O)CCN(S(=O)(=O)c2ccc(Cl)c(F)c2)C1. The maximum Gasteiger partial charge on any atom is 0.313 e. The van der Waals surface area contributed by atoms with Crippen molar-refractivity contribution >= 4 is 27.6 Å². The van der Waals surface area contributed by atoms with E-state index in [1.807, 2.05) is 0 Å². The van der Waals surface area contributed by atoms with Gasteiger partial charge < -0.3 is 9.84 Å². The first-order valence-electron chi connectivity index (χ1n) is 6.40. The minimum Gasteiger partial charge on any atom is -0.481 e. The van der Waals surface area contributed by atoms with E-state index in [1.165, 1.54) is 13.2 Å². The summed E-state index contributed by atoms with van der Waals surface area (Å²) in [5.74, 6) is -1.96. The zero-order chi connectivity index (χ0) is 16.5. The highest BCUT2D eigenvalue weighted by atomic mass is 35.5. The van der Waals surface area contributed by atoms with Crippen LogP contribution in [0.4, 0.5) is 4.39 Å². The van der Waals surface area contributed by atoms with E-state index < -0.39 is 27.2 Å². The molecule has 1 fully saturated rings. The number of benzene rings is 1. The number of halogens is 2. The fourth-order valence-corrected chi connectivity index (χ4v) is 4.11. The Bertz CT molecular complexity index is 696. The van der Waals surface area contributed by atoms with Crippen molar-refractivity contribution in [1.82, 2.24) is 4.31 Å². The zero-order valence-electron chi connectivity index (χ0n) is 11.8. The summed E-state index contributed by atoms with van der Waals surface area (Å²) < 4.78 is 44.4. The molecular formula is C13H15ClFNO5S. The van der Waals surface area contributed by atoms with Gasteiger partial charge in [0, 0.05) is 20.2 Å². The largest absolute Gasteiger partial charge is 0.481 e. The minimum atomic E-state index is -3.99. The molecule has 122 valence electrons. The molecule has 22 heavy (non-hydrogen) atoms. The number of rotatable bonds is 5. The predicted molar refractivity (Wildman–Crippen MR) is 76.7 cm³/mol. The fraction of sp³-hybridized carbons (Fsp3) is 0.462. The Morgan fingerprint density at radius 3 is 2.77 bits per heavy atom. The summed E-state index contributed by atoms with van der Waals surface area (Å²) in [5.41, 5.74) is -1.28. The number of carboxylic acids is 1. The van der Waals surface area contributed by atoms with Crippen LogP contribution in [0.1, 0.15) is 6.42 Å².